The van der Waals surface area contributed by atoms with Crippen molar-refractivity contribution < 1.29 is 14.6 Å². The topological polar surface area (TPSA) is 50.7 Å². The molecular weight excluding hydrogens is 254 g/mol. The summed E-state index contributed by atoms with van der Waals surface area (Å²) in [6, 6.07) is 4.19. The van der Waals surface area contributed by atoms with Crippen molar-refractivity contribution in [3.63, 3.8) is 0 Å². The van der Waals surface area contributed by atoms with E-state index < -0.39 is 0 Å². The third kappa shape index (κ3) is 3.87. The third-order valence-corrected chi connectivity index (χ3v) is 3.43. The van der Waals surface area contributed by atoms with E-state index in [0.717, 1.165) is 43.0 Å². The van der Waals surface area contributed by atoms with Crippen molar-refractivity contribution in [3.8, 4) is 11.5 Å². The van der Waals surface area contributed by atoms with E-state index in [0.29, 0.717) is 6.61 Å². The molecule has 0 fully saturated rings. The molecule has 0 saturated carbocycles. The number of rotatable bonds is 7. The Morgan fingerprint density at radius 2 is 2.30 bits per heavy atom. The van der Waals surface area contributed by atoms with Gasteiger partial charge in [-0.3, -0.25) is 0 Å². The van der Waals surface area contributed by atoms with Crippen LogP contribution in [0.25, 0.3) is 0 Å². The molecule has 112 valence electrons. The van der Waals surface area contributed by atoms with Gasteiger partial charge in [0.2, 0.25) is 0 Å². The maximum atomic E-state index is 9.26. The average Bonchev–Trinajstić information content (AvgIpc) is 2.74. The molecule has 1 aromatic carbocycles. The fraction of sp³-hybridized carbons (Fsp3) is 0.625. The zero-order valence-electron chi connectivity index (χ0n) is 12.6. The van der Waals surface area contributed by atoms with Crippen LogP contribution in [0.5, 0.6) is 11.5 Å². The molecule has 0 spiro atoms. The Bertz CT molecular complexity index is 446. The van der Waals surface area contributed by atoms with Crippen molar-refractivity contribution in [2.75, 3.05) is 13.2 Å². The van der Waals surface area contributed by atoms with Crippen molar-refractivity contribution in [3.05, 3.63) is 23.3 Å². The van der Waals surface area contributed by atoms with Gasteiger partial charge in [0.1, 0.15) is 17.6 Å². The minimum absolute atomic E-state index is 0.248. The molecule has 0 aliphatic carbocycles. The van der Waals surface area contributed by atoms with Crippen LogP contribution in [0.1, 0.15) is 38.3 Å². The van der Waals surface area contributed by atoms with Gasteiger partial charge < -0.3 is 19.9 Å². The molecule has 1 aromatic rings. The standard InChI is InChI=1S/C16H25NO3/c1-4-19-15-8-13-7-12(3)20-16(13)9-14(15)10-17-6-5-11(2)18/h8-9,11-12,17-18H,4-7,10H2,1-3H3. The Labute approximate surface area is 121 Å². The summed E-state index contributed by atoms with van der Waals surface area (Å²) in [6.07, 6.45) is 1.68. The van der Waals surface area contributed by atoms with Gasteiger partial charge in [-0.25, -0.2) is 0 Å². The number of nitrogens with one attached hydrogen (secondary N) is 1. The highest BCUT2D eigenvalue weighted by Gasteiger charge is 2.21. The molecule has 0 radical (unpaired) electrons. The van der Waals surface area contributed by atoms with E-state index in [9.17, 15) is 5.11 Å². The quantitative estimate of drug-likeness (QED) is 0.752. The third-order valence-electron chi connectivity index (χ3n) is 3.43. The number of aliphatic hydroxyl groups excluding tert-OH is 1. The van der Waals surface area contributed by atoms with Crippen LogP contribution in [0.4, 0.5) is 0 Å². The molecule has 4 heteroatoms. The Kier molecular flexibility index (Phi) is 5.26. The van der Waals surface area contributed by atoms with Crippen LogP contribution in [0.3, 0.4) is 0 Å². The molecule has 4 nitrogen and oxygen atoms in total. The summed E-state index contributed by atoms with van der Waals surface area (Å²) in [6.45, 7) is 8.07. The van der Waals surface area contributed by atoms with Crippen LogP contribution >= 0.6 is 0 Å². The molecular formula is C16H25NO3. The number of benzene rings is 1. The first-order chi connectivity index (χ1) is 9.60. The molecule has 1 aliphatic heterocycles. The average molecular weight is 279 g/mol. The molecule has 2 rings (SSSR count). The van der Waals surface area contributed by atoms with Crippen LogP contribution in [0.15, 0.2) is 12.1 Å². The van der Waals surface area contributed by atoms with E-state index >= 15 is 0 Å². The molecule has 2 N–H and O–H groups in total. The van der Waals surface area contributed by atoms with E-state index in [1.165, 1.54) is 5.56 Å². The second-order valence-corrected chi connectivity index (χ2v) is 5.45. The molecule has 0 aromatic heterocycles. The van der Waals surface area contributed by atoms with Gasteiger partial charge in [0.05, 0.1) is 12.7 Å². The van der Waals surface area contributed by atoms with E-state index in [2.05, 4.69) is 24.4 Å². The van der Waals surface area contributed by atoms with Crippen molar-refractivity contribution in [1.82, 2.24) is 5.32 Å². The minimum Gasteiger partial charge on any atom is -0.494 e. The van der Waals surface area contributed by atoms with Gasteiger partial charge in [0, 0.05) is 24.1 Å². The summed E-state index contributed by atoms with van der Waals surface area (Å²) in [4.78, 5) is 0. The van der Waals surface area contributed by atoms with Crippen LogP contribution < -0.4 is 14.8 Å². The first-order valence-electron chi connectivity index (χ1n) is 7.44. The van der Waals surface area contributed by atoms with E-state index in [-0.39, 0.29) is 12.2 Å². The Balaban J connectivity index is 2.04. The summed E-state index contributed by atoms with van der Waals surface area (Å²) in [5.41, 5.74) is 2.35. The minimum atomic E-state index is -0.266. The SMILES string of the molecule is CCOc1cc2c(cc1CNCCC(C)O)OC(C)C2. The van der Waals surface area contributed by atoms with E-state index in [1.54, 1.807) is 6.92 Å². The number of hydrogen-bond donors (Lipinski definition) is 2. The summed E-state index contributed by atoms with van der Waals surface area (Å²) >= 11 is 0. The first kappa shape index (κ1) is 15.1. The lowest BCUT2D eigenvalue weighted by molar-refractivity contribution is 0.183. The highest BCUT2D eigenvalue weighted by atomic mass is 16.5. The van der Waals surface area contributed by atoms with Crippen LogP contribution in [-0.4, -0.2) is 30.5 Å². The fourth-order valence-electron chi connectivity index (χ4n) is 2.44. The zero-order chi connectivity index (χ0) is 14.5. The van der Waals surface area contributed by atoms with E-state index in [4.69, 9.17) is 9.47 Å². The van der Waals surface area contributed by atoms with Crippen LogP contribution in [0.2, 0.25) is 0 Å². The summed E-state index contributed by atoms with van der Waals surface area (Å²) in [5, 5.41) is 12.6. The lowest BCUT2D eigenvalue weighted by Crippen LogP contribution is -2.19. The maximum Gasteiger partial charge on any atom is 0.124 e. The highest BCUT2D eigenvalue weighted by molar-refractivity contribution is 5.48. The molecule has 1 heterocycles. The van der Waals surface area contributed by atoms with Crippen molar-refractivity contribution in [2.24, 2.45) is 0 Å². The Morgan fingerprint density at radius 3 is 3.00 bits per heavy atom. The van der Waals surface area contributed by atoms with Crippen molar-refractivity contribution >= 4 is 0 Å². The van der Waals surface area contributed by atoms with Gasteiger partial charge >= 0.3 is 0 Å². The highest BCUT2D eigenvalue weighted by Crippen LogP contribution is 2.35. The van der Waals surface area contributed by atoms with Crippen LogP contribution in [0, 0.1) is 0 Å². The number of aliphatic hydroxyl groups is 1. The number of fused-ring (bicyclic) bond motifs is 1. The monoisotopic (exact) mass is 279 g/mol. The largest absolute Gasteiger partial charge is 0.494 e. The molecule has 2 atom stereocenters. The molecule has 0 amide bonds. The lowest BCUT2D eigenvalue weighted by atomic mass is 10.1. The van der Waals surface area contributed by atoms with E-state index in [1.807, 2.05) is 6.92 Å². The smallest absolute Gasteiger partial charge is 0.124 e. The Morgan fingerprint density at radius 1 is 1.50 bits per heavy atom. The predicted octanol–water partition coefficient (Wildman–Crippen LogP) is 2.27. The summed E-state index contributed by atoms with van der Waals surface area (Å²) in [7, 11) is 0. The Hall–Kier alpha value is -1.26. The normalized spacial score (nSPS) is 18.5. The van der Waals surface area contributed by atoms with Gasteiger partial charge in [-0.2, -0.15) is 0 Å². The molecule has 0 saturated heterocycles. The number of ether oxygens (including phenoxy) is 2. The van der Waals surface area contributed by atoms with Gasteiger partial charge in [-0.1, -0.05) is 0 Å². The molecule has 2 unspecified atom stereocenters. The zero-order valence-corrected chi connectivity index (χ0v) is 12.6. The van der Waals surface area contributed by atoms with Gasteiger partial charge in [0.15, 0.2) is 0 Å². The second kappa shape index (κ2) is 6.95. The predicted molar refractivity (Wildman–Crippen MR) is 79.4 cm³/mol. The van der Waals surface area contributed by atoms with Gasteiger partial charge in [-0.05, 0) is 45.9 Å². The molecule has 0 bridgehead atoms. The summed E-state index contributed by atoms with van der Waals surface area (Å²) in [5.74, 6) is 1.92. The second-order valence-electron chi connectivity index (χ2n) is 5.45. The van der Waals surface area contributed by atoms with Gasteiger partial charge in [-0.15, -0.1) is 0 Å². The molecule has 1 aliphatic rings. The summed E-state index contributed by atoms with van der Waals surface area (Å²) < 4.78 is 11.5. The molecule has 20 heavy (non-hydrogen) atoms. The first-order valence-corrected chi connectivity index (χ1v) is 7.44. The van der Waals surface area contributed by atoms with Crippen LogP contribution in [-0.2, 0) is 13.0 Å². The van der Waals surface area contributed by atoms with Crippen molar-refractivity contribution in [1.29, 1.82) is 0 Å². The number of hydrogen-bond acceptors (Lipinski definition) is 4. The van der Waals surface area contributed by atoms with Gasteiger partial charge in [0.25, 0.3) is 0 Å². The van der Waals surface area contributed by atoms with Crippen molar-refractivity contribution in [2.45, 2.75) is 52.4 Å². The maximum absolute atomic E-state index is 9.26. The fourth-order valence-corrected chi connectivity index (χ4v) is 2.44. The lowest BCUT2D eigenvalue weighted by Gasteiger charge is -2.13.